The van der Waals surface area contributed by atoms with Gasteiger partial charge in [-0.2, -0.15) is 0 Å². The Balaban J connectivity index is 2.20. The lowest BCUT2D eigenvalue weighted by Gasteiger charge is -2.09. The van der Waals surface area contributed by atoms with Gasteiger partial charge in [0.2, 0.25) is 10.0 Å². The average molecular weight is 371 g/mol. The number of sulfonamides is 1. The molecule has 21 heavy (non-hydrogen) atoms. The average Bonchev–Trinajstić information content (AvgIpc) is 2.41. The lowest BCUT2D eigenvalue weighted by atomic mass is 10.1. The van der Waals surface area contributed by atoms with Crippen LogP contribution in [0, 0.1) is 0 Å². The van der Waals surface area contributed by atoms with E-state index in [1.54, 1.807) is 6.07 Å². The number of nitrogens with zero attached hydrogens (tertiary/aromatic N) is 1. The van der Waals surface area contributed by atoms with Crippen LogP contribution in [0.2, 0.25) is 0 Å². The fourth-order valence-corrected chi connectivity index (χ4v) is 3.36. The molecule has 8 heteroatoms. The van der Waals surface area contributed by atoms with Gasteiger partial charge in [0.05, 0.1) is 21.5 Å². The first kappa shape index (κ1) is 15.5. The zero-order valence-corrected chi connectivity index (χ0v) is 13.1. The Morgan fingerprint density at radius 2 is 2.10 bits per heavy atom. The summed E-state index contributed by atoms with van der Waals surface area (Å²) in [6.45, 7) is 0. The highest BCUT2D eigenvalue weighted by Crippen LogP contribution is 2.22. The summed E-state index contributed by atoms with van der Waals surface area (Å²) in [6.07, 6.45) is 2.94. The molecule has 2 aromatic rings. The molecular weight excluding hydrogens is 360 g/mol. The van der Waals surface area contributed by atoms with Gasteiger partial charge in [-0.1, -0.05) is 12.1 Å². The van der Waals surface area contributed by atoms with Gasteiger partial charge < -0.3 is 5.11 Å². The van der Waals surface area contributed by atoms with Crippen LogP contribution in [-0.4, -0.2) is 24.5 Å². The van der Waals surface area contributed by atoms with E-state index in [2.05, 4.69) is 25.6 Å². The molecule has 6 nitrogen and oxygen atoms in total. The Bertz CT molecular complexity index is 777. The molecule has 1 heterocycles. The molecular formula is C13H11BrN2O4S. The first-order chi connectivity index (χ1) is 9.87. The lowest BCUT2D eigenvalue weighted by Crippen LogP contribution is -2.15. The topological polar surface area (TPSA) is 96.4 Å². The number of benzene rings is 1. The number of pyridine rings is 1. The van der Waals surface area contributed by atoms with Gasteiger partial charge >= 0.3 is 5.97 Å². The van der Waals surface area contributed by atoms with Crippen molar-refractivity contribution in [3.8, 4) is 0 Å². The lowest BCUT2D eigenvalue weighted by molar-refractivity contribution is 0.0696. The zero-order valence-electron chi connectivity index (χ0n) is 10.7. The van der Waals surface area contributed by atoms with Crippen LogP contribution in [0.3, 0.4) is 0 Å². The van der Waals surface area contributed by atoms with E-state index in [-0.39, 0.29) is 11.3 Å². The van der Waals surface area contributed by atoms with Crippen LogP contribution < -0.4 is 4.72 Å². The highest BCUT2D eigenvalue weighted by atomic mass is 79.9. The molecule has 110 valence electrons. The molecule has 0 saturated carbocycles. The van der Waals surface area contributed by atoms with Gasteiger partial charge in [-0.05, 0) is 39.7 Å². The Kier molecular flexibility index (Phi) is 4.59. The summed E-state index contributed by atoms with van der Waals surface area (Å²) < 4.78 is 27.1. The minimum atomic E-state index is -3.65. The van der Waals surface area contributed by atoms with Crippen molar-refractivity contribution >= 4 is 37.6 Å². The van der Waals surface area contributed by atoms with Crippen LogP contribution in [-0.2, 0) is 15.8 Å². The predicted molar refractivity (Wildman–Crippen MR) is 81.6 cm³/mol. The number of aromatic carboxylic acids is 1. The maximum absolute atomic E-state index is 12.1. The molecule has 0 amide bonds. The van der Waals surface area contributed by atoms with Crippen molar-refractivity contribution in [2.24, 2.45) is 0 Å². The molecule has 0 saturated heterocycles. The van der Waals surface area contributed by atoms with E-state index in [1.165, 1.54) is 36.7 Å². The molecule has 0 aliphatic heterocycles. The summed E-state index contributed by atoms with van der Waals surface area (Å²) in [5.41, 5.74) is 0.819. The second-order valence-corrected chi connectivity index (χ2v) is 6.80. The fourth-order valence-electron chi connectivity index (χ4n) is 1.68. The molecule has 0 aliphatic rings. The maximum atomic E-state index is 12.1. The predicted octanol–water partition coefficient (Wildman–Crippen LogP) is 2.48. The normalized spacial score (nSPS) is 11.1. The highest BCUT2D eigenvalue weighted by Gasteiger charge is 2.14. The smallest absolute Gasteiger partial charge is 0.335 e. The van der Waals surface area contributed by atoms with Gasteiger partial charge in [0.1, 0.15) is 0 Å². The molecule has 0 radical (unpaired) electrons. The van der Waals surface area contributed by atoms with E-state index in [9.17, 15) is 13.2 Å². The minimum Gasteiger partial charge on any atom is -0.478 e. The third-order valence-electron chi connectivity index (χ3n) is 2.57. The number of hydrogen-bond acceptors (Lipinski definition) is 4. The third kappa shape index (κ3) is 4.27. The Labute approximate surface area is 130 Å². The van der Waals surface area contributed by atoms with Gasteiger partial charge in [0, 0.05) is 12.4 Å². The Hall–Kier alpha value is -1.93. The van der Waals surface area contributed by atoms with Gasteiger partial charge in [-0.3, -0.25) is 9.71 Å². The van der Waals surface area contributed by atoms with Gasteiger partial charge in [-0.25, -0.2) is 13.2 Å². The summed E-state index contributed by atoms with van der Waals surface area (Å²) in [7, 11) is -3.65. The first-order valence-corrected chi connectivity index (χ1v) is 8.24. The van der Waals surface area contributed by atoms with Crippen molar-refractivity contribution in [3.05, 3.63) is 58.3 Å². The second-order valence-electron chi connectivity index (χ2n) is 4.22. The summed E-state index contributed by atoms with van der Waals surface area (Å²) in [4.78, 5) is 14.7. The molecule has 0 atom stereocenters. The number of rotatable bonds is 5. The van der Waals surface area contributed by atoms with Crippen LogP contribution in [0.1, 0.15) is 15.9 Å². The third-order valence-corrected chi connectivity index (χ3v) is 4.44. The van der Waals surface area contributed by atoms with Crippen molar-refractivity contribution in [3.63, 3.8) is 0 Å². The number of hydrogen-bond donors (Lipinski definition) is 2. The van der Waals surface area contributed by atoms with Gasteiger partial charge in [0.25, 0.3) is 0 Å². The fraction of sp³-hybridized carbons (Fsp3) is 0.0769. The molecule has 0 aliphatic carbocycles. The zero-order chi connectivity index (χ0) is 15.5. The van der Waals surface area contributed by atoms with Gasteiger partial charge in [0.15, 0.2) is 0 Å². The molecule has 0 unspecified atom stereocenters. The molecule has 0 fully saturated rings. The SMILES string of the molecule is O=C(O)c1cccc(CS(=O)(=O)Nc2ccncc2Br)c1. The number of anilines is 1. The molecule has 1 aromatic carbocycles. The van der Waals surface area contributed by atoms with E-state index < -0.39 is 16.0 Å². The number of carbonyl (C=O) groups is 1. The first-order valence-electron chi connectivity index (χ1n) is 5.79. The van der Waals surface area contributed by atoms with E-state index >= 15 is 0 Å². The molecule has 1 aromatic heterocycles. The van der Waals surface area contributed by atoms with Crippen LogP contribution >= 0.6 is 15.9 Å². The number of aromatic nitrogens is 1. The van der Waals surface area contributed by atoms with Crippen molar-refractivity contribution < 1.29 is 18.3 Å². The Morgan fingerprint density at radius 3 is 2.76 bits per heavy atom. The molecule has 0 spiro atoms. The quantitative estimate of drug-likeness (QED) is 0.842. The number of carboxylic acid groups (broad SMARTS) is 1. The van der Waals surface area contributed by atoms with E-state index in [0.29, 0.717) is 15.7 Å². The molecule has 2 N–H and O–H groups in total. The van der Waals surface area contributed by atoms with Crippen molar-refractivity contribution in [2.45, 2.75) is 5.75 Å². The van der Waals surface area contributed by atoms with E-state index in [0.717, 1.165) is 0 Å². The van der Waals surface area contributed by atoms with E-state index in [1.807, 2.05) is 0 Å². The number of halogens is 1. The van der Waals surface area contributed by atoms with Crippen LogP contribution in [0.4, 0.5) is 5.69 Å². The largest absolute Gasteiger partial charge is 0.478 e. The van der Waals surface area contributed by atoms with Crippen molar-refractivity contribution in [2.75, 3.05) is 4.72 Å². The van der Waals surface area contributed by atoms with Crippen molar-refractivity contribution in [1.82, 2.24) is 4.98 Å². The van der Waals surface area contributed by atoms with Crippen LogP contribution in [0.25, 0.3) is 0 Å². The van der Waals surface area contributed by atoms with Crippen molar-refractivity contribution in [1.29, 1.82) is 0 Å². The van der Waals surface area contributed by atoms with Crippen LogP contribution in [0.5, 0.6) is 0 Å². The highest BCUT2D eigenvalue weighted by molar-refractivity contribution is 9.10. The monoisotopic (exact) mass is 370 g/mol. The summed E-state index contributed by atoms with van der Waals surface area (Å²) >= 11 is 3.20. The standard InChI is InChI=1S/C13H11BrN2O4S/c14-11-7-15-5-4-12(11)16-21(19,20)8-9-2-1-3-10(6-9)13(17)18/h1-7H,8H2,(H,15,16)(H,17,18). The number of carboxylic acids is 1. The summed E-state index contributed by atoms with van der Waals surface area (Å²) in [6, 6.07) is 7.34. The molecule has 2 rings (SSSR count). The molecule has 0 bridgehead atoms. The summed E-state index contributed by atoms with van der Waals surface area (Å²) in [5, 5.41) is 8.90. The van der Waals surface area contributed by atoms with Crippen LogP contribution in [0.15, 0.2) is 47.2 Å². The minimum absolute atomic E-state index is 0.0489. The second kappa shape index (κ2) is 6.23. The maximum Gasteiger partial charge on any atom is 0.335 e. The Morgan fingerprint density at radius 1 is 1.33 bits per heavy atom. The van der Waals surface area contributed by atoms with E-state index in [4.69, 9.17) is 5.11 Å². The summed E-state index contributed by atoms with van der Waals surface area (Å²) in [5.74, 6) is -1.41. The van der Waals surface area contributed by atoms with Gasteiger partial charge in [-0.15, -0.1) is 0 Å². The number of nitrogens with one attached hydrogen (secondary N) is 1.